The number of fused-ring (bicyclic) bond motifs is 1. The molecule has 108 valence electrons. The Labute approximate surface area is 123 Å². The Hall–Kier alpha value is -1.48. The minimum atomic E-state index is -2.24. The van der Waals surface area contributed by atoms with Gasteiger partial charge in [-0.1, -0.05) is 37.8 Å². The molecule has 0 aromatic heterocycles. The third-order valence-electron chi connectivity index (χ3n) is 3.47. The fourth-order valence-corrected chi connectivity index (χ4v) is 4.33. The van der Waals surface area contributed by atoms with E-state index in [1.54, 1.807) is 0 Å². The molecule has 1 aliphatic rings. The summed E-state index contributed by atoms with van der Waals surface area (Å²) in [6, 6.07) is 8.53. The van der Waals surface area contributed by atoms with Crippen LogP contribution in [0.4, 0.5) is 0 Å². The van der Waals surface area contributed by atoms with Gasteiger partial charge in [-0.2, -0.15) is 0 Å². The SMILES string of the molecule is C=C(C)O[Si](C)(C)OC1=C(CC)CCc2ccccc21. The Kier molecular flexibility index (Phi) is 4.38. The van der Waals surface area contributed by atoms with Crippen molar-refractivity contribution in [2.75, 3.05) is 0 Å². The summed E-state index contributed by atoms with van der Waals surface area (Å²) in [7, 11) is -2.24. The van der Waals surface area contributed by atoms with Crippen molar-refractivity contribution >= 4 is 14.3 Å². The van der Waals surface area contributed by atoms with Gasteiger partial charge in [0.2, 0.25) is 0 Å². The summed E-state index contributed by atoms with van der Waals surface area (Å²) in [5.41, 5.74) is 4.01. The largest absolute Gasteiger partial charge is 0.517 e. The highest BCUT2D eigenvalue weighted by atomic mass is 28.4. The van der Waals surface area contributed by atoms with Gasteiger partial charge in [0.05, 0.1) is 5.76 Å². The van der Waals surface area contributed by atoms with Crippen molar-refractivity contribution < 1.29 is 8.85 Å². The van der Waals surface area contributed by atoms with E-state index >= 15 is 0 Å². The Balaban J connectivity index is 2.35. The van der Waals surface area contributed by atoms with Crippen LogP contribution < -0.4 is 0 Å². The smallest absolute Gasteiger partial charge is 0.453 e. The third-order valence-corrected chi connectivity index (χ3v) is 5.01. The molecule has 20 heavy (non-hydrogen) atoms. The summed E-state index contributed by atoms with van der Waals surface area (Å²) < 4.78 is 12.2. The standard InChI is InChI=1S/C17H24O2Si/c1-6-14-11-12-15-9-7-8-10-16(15)17(14)19-20(4,5)18-13(2)3/h7-10H,2,6,11-12H2,1,3-5H3. The molecular weight excluding hydrogens is 264 g/mol. The Morgan fingerprint density at radius 2 is 1.95 bits per heavy atom. The quantitative estimate of drug-likeness (QED) is 0.559. The van der Waals surface area contributed by atoms with Crippen LogP contribution in [0.1, 0.15) is 37.8 Å². The first-order valence-corrected chi connectivity index (χ1v) is 10.1. The lowest BCUT2D eigenvalue weighted by Crippen LogP contribution is -2.34. The van der Waals surface area contributed by atoms with Crippen LogP contribution in [-0.2, 0) is 15.3 Å². The van der Waals surface area contributed by atoms with Crippen molar-refractivity contribution in [3.63, 3.8) is 0 Å². The van der Waals surface area contributed by atoms with Gasteiger partial charge >= 0.3 is 8.56 Å². The zero-order chi connectivity index (χ0) is 14.8. The van der Waals surface area contributed by atoms with Crippen LogP contribution in [0.15, 0.2) is 42.2 Å². The van der Waals surface area contributed by atoms with Gasteiger partial charge in [0, 0.05) is 18.7 Å². The summed E-state index contributed by atoms with van der Waals surface area (Å²) in [6.45, 7) is 12.0. The van der Waals surface area contributed by atoms with Crippen molar-refractivity contribution in [1.82, 2.24) is 0 Å². The predicted molar refractivity (Wildman–Crippen MR) is 86.4 cm³/mol. The van der Waals surface area contributed by atoms with E-state index in [9.17, 15) is 0 Å². The van der Waals surface area contributed by atoms with Gasteiger partial charge in [-0.3, -0.25) is 0 Å². The predicted octanol–water partition coefficient (Wildman–Crippen LogP) is 5.02. The van der Waals surface area contributed by atoms with Crippen LogP contribution >= 0.6 is 0 Å². The van der Waals surface area contributed by atoms with E-state index in [2.05, 4.69) is 50.9 Å². The van der Waals surface area contributed by atoms with Gasteiger partial charge < -0.3 is 8.85 Å². The first-order valence-electron chi connectivity index (χ1n) is 7.27. The zero-order valence-corrected chi connectivity index (χ0v) is 14.0. The monoisotopic (exact) mass is 288 g/mol. The average molecular weight is 288 g/mol. The summed E-state index contributed by atoms with van der Waals surface area (Å²) in [4.78, 5) is 0. The van der Waals surface area contributed by atoms with E-state index in [-0.39, 0.29) is 0 Å². The number of rotatable bonds is 5. The van der Waals surface area contributed by atoms with E-state index in [0.717, 1.165) is 30.8 Å². The number of hydrogen-bond donors (Lipinski definition) is 0. The van der Waals surface area contributed by atoms with Crippen molar-refractivity contribution in [3.05, 3.63) is 53.3 Å². The van der Waals surface area contributed by atoms with Crippen molar-refractivity contribution in [3.8, 4) is 0 Å². The molecule has 0 heterocycles. The minimum Gasteiger partial charge on any atom is -0.517 e. The maximum absolute atomic E-state index is 6.36. The summed E-state index contributed by atoms with van der Waals surface area (Å²) in [5, 5.41) is 0. The molecule has 0 N–H and O–H groups in total. The van der Waals surface area contributed by atoms with E-state index in [4.69, 9.17) is 8.85 Å². The molecule has 3 heteroatoms. The second kappa shape index (κ2) is 5.88. The second-order valence-electron chi connectivity index (χ2n) is 5.75. The molecule has 1 aromatic carbocycles. The molecule has 0 bridgehead atoms. The van der Waals surface area contributed by atoms with Gasteiger partial charge in [-0.05, 0) is 37.3 Å². The van der Waals surface area contributed by atoms with Gasteiger partial charge in [-0.25, -0.2) is 0 Å². The van der Waals surface area contributed by atoms with Crippen LogP contribution in [0.3, 0.4) is 0 Å². The first-order chi connectivity index (χ1) is 9.43. The molecule has 0 saturated carbocycles. The average Bonchev–Trinajstić information content (AvgIpc) is 2.37. The molecule has 0 unspecified atom stereocenters. The minimum absolute atomic E-state index is 0.726. The fraction of sp³-hybridized carbons (Fsp3) is 0.412. The molecular formula is C17H24O2Si. The lowest BCUT2D eigenvalue weighted by molar-refractivity contribution is 0.307. The number of allylic oxidation sites excluding steroid dienone is 2. The second-order valence-corrected chi connectivity index (χ2v) is 8.96. The molecule has 0 saturated heterocycles. The summed E-state index contributed by atoms with van der Waals surface area (Å²) in [5.74, 6) is 1.77. The molecule has 1 aliphatic carbocycles. The molecule has 0 fully saturated rings. The highest BCUT2D eigenvalue weighted by molar-refractivity contribution is 6.65. The Bertz CT molecular complexity index is 544. The summed E-state index contributed by atoms with van der Waals surface area (Å²) in [6.07, 6.45) is 3.22. The van der Waals surface area contributed by atoms with Crippen LogP contribution in [0, 0.1) is 0 Å². The zero-order valence-electron chi connectivity index (χ0n) is 13.0. The molecule has 2 rings (SSSR count). The van der Waals surface area contributed by atoms with Crippen molar-refractivity contribution in [2.24, 2.45) is 0 Å². The van der Waals surface area contributed by atoms with Crippen molar-refractivity contribution in [1.29, 1.82) is 0 Å². The molecule has 0 amide bonds. The van der Waals surface area contributed by atoms with E-state index < -0.39 is 8.56 Å². The van der Waals surface area contributed by atoms with Gasteiger partial charge in [0.1, 0.15) is 5.76 Å². The van der Waals surface area contributed by atoms with Gasteiger partial charge in [0.25, 0.3) is 0 Å². The van der Waals surface area contributed by atoms with E-state index in [1.165, 1.54) is 16.7 Å². The van der Waals surface area contributed by atoms with Crippen molar-refractivity contribution in [2.45, 2.75) is 46.2 Å². The maximum Gasteiger partial charge on any atom is 0.453 e. The molecule has 2 nitrogen and oxygen atoms in total. The third kappa shape index (κ3) is 3.34. The van der Waals surface area contributed by atoms with E-state index in [1.807, 2.05) is 6.92 Å². The van der Waals surface area contributed by atoms with E-state index in [0.29, 0.717) is 0 Å². The first kappa shape index (κ1) is 14.9. The van der Waals surface area contributed by atoms with Gasteiger partial charge in [0.15, 0.2) is 0 Å². The number of hydrogen-bond acceptors (Lipinski definition) is 2. The Morgan fingerprint density at radius 1 is 1.25 bits per heavy atom. The fourth-order valence-electron chi connectivity index (χ4n) is 2.70. The molecule has 0 aliphatic heterocycles. The molecule has 0 radical (unpaired) electrons. The highest BCUT2D eigenvalue weighted by Crippen LogP contribution is 2.35. The number of aryl methyl sites for hydroxylation is 1. The molecule has 0 atom stereocenters. The van der Waals surface area contributed by atoms with Crippen LogP contribution in [-0.4, -0.2) is 8.56 Å². The maximum atomic E-state index is 6.36. The molecule has 0 spiro atoms. The number of benzene rings is 1. The lowest BCUT2D eigenvalue weighted by atomic mass is 9.89. The normalized spacial score (nSPS) is 14.8. The highest BCUT2D eigenvalue weighted by Gasteiger charge is 2.32. The van der Waals surface area contributed by atoms with Crippen LogP contribution in [0.25, 0.3) is 5.76 Å². The van der Waals surface area contributed by atoms with Gasteiger partial charge in [-0.15, -0.1) is 0 Å². The van der Waals surface area contributed by atoms with Crippen LogP contribution in [0.2, 0.25) is 13.1 Å². The molecule has 1 aromatic rings. The summed E-state index contributed by atoms with van der Waals surface area (Å²) >= 11 is 0. The van der Waals surface area contributed by atoms with Crippen LogP contribution in [0.5, 0.6) is 0 Å². The lowest BCUT2D eigenvalue weighted by Gasteiger charge is -2.31. The topological polar surface area (TPSA) is 18.5 Å². The Morgan fingerprint density at radius 3 is 2.60 bits per heavy atom.